The highest BCUT2D eigenvalue weighted by atomic mass is 79.9. The van der Waals surface area contributed by atoms with E-state index in [4.69, 9.17) is 0 Å². The Bertz CT molecular complexity index is 619. The molecule has 0 aromatic rings. The molecule has 4 aliphatic rings. The first-order valence-corrected chi connectivity index (χ1v) is 9.40. The molecule has 0 aromatic heterocycles. The first-order chi connectivity index (χ1) is 10.4. The Labute approximate surface area is 140 Å². The normalized spacial score (nSPS) is 50.2. The monoisotopic (exact) mass is 362 g/mol. The molecule has 0 spiro atoms. The number of Topliss-reactive ketones (excluding diaryl/α,β-unsaturated/α-hetero) is 1. The van der Waals surface area contributed by atoms with Gasteiger partial charge in [-0.1, -0.05) is 35.9 Å². The molecule has 118 valence electrons. The van der Waals surface area contributed by atoms with Crippen LogP contribution in [0.2, 0.25) is 0 Å². The van der Waals surface area contributed by atoms with Crippen molar-refractivity contribution in [2.24, 2.45) is 28.6 Å². The lowest BCUT2D eigenvalue weighted by Crippen LogP contribution is -2.52. The smallest absolute Gasteiger partial charge is 0.178 e. The summed E-state index contributed by atoms with van der Waals surface area (Å²) < 4.78 is 0. The van der Waals surface area contributed by atoms with Gasteiger partial charge in [0.1, 0.15) is 5.78 Å². The van der Waals surface area contributed by atoms with Gasteiger partial charge in [-0.2, -0.15) is 0 Å². The fourth-order valence-electron chi connectivity index (χ4n) is 5.97. The average Bonchev–Trinajstić information content (AvgIpc) is 2.77. The number of hydrogen-bond acceptors (Lipinski definition) is 2. The fourth-order valence-corrected chi connectivity index (χ4v) is 7.03. The van der Waals surface area contributed by atoms with E-state index in [1.807, 2.05) is 6.08 Å². The Morgan fingerprint density at radius 1 is 1.18 bits per heavy atom. The summed E-state index contributed by atoms with van der Waals surface area (Å²) in [5.41, 5.74) is 1.16. The quantitative estimate of drug-likeness (QED) is 0.604. The minimum Gasteiger partial charge on any atom is -0.299 e. The van der Waals surface area contributed by atoms with E-state index in [1.165, 1.54) is 5.57 Å². The molecule has 0 radical (unpaired) electrons. The summed E-state index contributed by atoms with van der Waals surface area (Å²) in [7, 11) is 0. The summed E-state index contributed by atoms with van der Waals surface area (Å²) in [6.45, 7) is 4.51. The molecule has 0 amide bonds. The number of halogens is 1. The van der Waals surface area contributed by atoms with Crippen LogP contribution < -0.4 is 0 Å². The summed E-state index contributed by atoms with van der Waals surface area (Å²) in [6, 6.07) is 0. The second kappa shape index (κ2) is 4.66. The third-order valence-corrected chi connectivity index (χ3v) is 8.11. The Hall–Kier alpha value is -0.700. The van der Waals surface area contributed by atoms with Crippen LogP contribution in [0.5, 0.6) is 0 Å². The molecule has 0 aliphatic heterocycles. The van der Waals surface area contributed by atoms with Gasteiger partial charge in [0.2, 0.25) is 0 Å². The average molecular weight is 363 g/mol. The number of alkyl halides is 1. The lowest BCUT2D eigenvalue weighted by molar-refractivity contribution is -0.131. The van der Waals surface area contributed by atoms with E-state index in [2.05, 4.69) is 35.9 Å². The van der Waals surface area contributed by atoms with Crippen LogP contribution in [-0.2, 0) is 9.59 Å². The topological polar surface area (TPSA) is 34.1 Å². The number of hydrogen-bond donors (Lipinski definition) is 0. The number of carbonyl (C=O) groups is 2. The van der Waals surface area contributed by atoms with Crippen LogP contribution >= 0.6 is 15.9 Å². The molecule has 4 rings (SSSR count). The summed E-state index contributed by atoms with van der Waals surface area (Å²) in [5.74, 6) is 2.30. The molecule has 1 unspecified atom stereocenters. The third-order valence-electron chi connectivity index (χ3n) is 7.25. The van der Waals surface area contributed by atoms with Crippen molar-refractivity contribution in [2.75, 3.05) is 0 Å². The molecule has 3 fully saturated rings. The van der Waals surface area contributed by atoms with Gasteiger partial charge < -0.3 is 0 Å². The first-order valence-electron chi connectivity index (χ1n) is 8.49. The van der Waals surface area contributed by atoms with E-state index >= 15 is 0 Å². The molecule has 6 atom stereocenters. The molecule has 3 heteroatoms. The first kappa shape index (κ1) is 14.9. The number of rotatable bonds is 0. The van der Waals surface area contributed by atoms with E-state index in [1.54, 1.807) is 6.08 Å². The van der Waals surface area contributed by atoms with Gasteiger partial charge in [-0.15, -0.1) is 0 Å². The largest absolute Gasteiger partial charge is 0.299 e. The minimum absolute atomic E-state index is 0.0159. The zero-order valence-electron chi connectivity index (χ0n) is 13.3. The molecule has 0 bridgehead atoms. The Kier molecular flexibility index (Phi) is 3.15. The van der Waals surface area contributed by atoms with Crippen LogP contribution in [0.1, 0.15) is 46.0 Å². The Morgan fingerprint density at radius 3 is 2.73 bits per heavy atom. The molecule has 0 aromatic carbocycles. The second-order valence-electron chi connectivity index (χ2n) is 8.12. The van der Waals surface area contributed by atoms with Gasteiger partial charge in [0.05, 0.1) is 0 Å². The molecule has 0 N–H and O–H groups in total. The van der Waals surface area contributed by atoms with Crippen molar-refractivity contribution in [2.45, 2.75) is 50.8 Å². The van der Waals surface area contributed by atoms with Gasteiger partial charge in [0.15, 0.2) is 5.78 Å². The van der Waals surface area contributed by atoms with Crippen LogP contribution in [0.15, 0.2) is 23.8 Å². The maximum atomic E-state index is 12.4. The predicted molar refractivity (Wildman–Crippen MR) is 89.7 cm³/mol. The van der Waals surface area contributed by atoms with Crippen molar-refractivity contribution in [1.82, 2.24) is 0 Å². The SMILES string of the molecule is C[C@]12C=CC(=O)C=C1C(Br)C[C@@H]1[C@H]2CC[C@]2(C)C(=O)CC[C@@H]12. The maximum Gasteiger partial charge on any atom is 0.178 e. The zero-order chi connectivity index (χ0) is 15.7. The van der Waals surface area contributed by atoms with E-state index in [0.29, 0.717) is 23.5 Å². The maximum absolute atomic E-state index is 12.4. The second-order valence-corrected chi connectivity index (χ2v) is 9.22. The van der Waals surface area contributed by atoms with Gasteiger partial charge >= 0.3 is 0 Å². The van der Waals surface area contributed by atoms with Crippen LogP contribution in [-0.4, -0.2) is 16.4 Å². The number of carbonyl (C=O) groups excluding carboxylic acids is 2. The Balaban J connectivity index is 1.76. The van der Waals surface area contributed by atoms with E-state index in [9.17, 15) is 9.59 Å². The van der Waals surface area contributed by atoms with Gasteiger partial charge in [-0.25, -0.2) is 0 Å². The van der Waals surface area contributed by atoms with Crippen LogP contribution in [0, 0.1) is 28.6 Å². The molecule has 4 aliphatic carbocycles. The van der Waals surface area contributed by atoms with Crippen molar-refractivity contribution in [1.29, 1.82) is 0 Å². The number of fused-ring (bicyclic) bond motifs is 5. The summed E-state index contributed by atoms with van der Waals surface area (Å²) in [4.78, 5) is 24.5. The third kappa shape index (κ3) is 1.78. The molecule has 0 saturated heterocycles. The highest BCUT2D eigenvalue weighted by molar-refractivity contribution is 9.09. The van der Waals surface area contributed by atoms with Gasteiger partial charge in [-0.05, 0) is 61.2 Å². The van der Waals surface area contributed by atoms with E-state index in [0.717, 1.165) is 32.1 Å². The minimum atomic E-state index is -0.0837. The molecular weight excluding hydrogens is 340 g/mol. The van der Waals surface area contributed by atoms with Gasteiger partial charge in [-0.3, -0.25) is 9.59 Å². The van der Waals surface area contributed by atoms with Crippen LogP contribution in [0.25, 0.3) is 0 Å². The fraction of sp³-hybridized carbons (Fsp3) is 0.684. The lowest BCUT2D eigenvalue weighted by Gasteiger charge is -2.56. The number of allylic oxidation sites excluding steroid dienone is 4. The van der Waals surface area contributed by atoms with Crippen LogP contribution in [0.3, 0.4) is 0 Å². The van der Waals surface area contributed by atoms with Crippen LogP contribution in [0.4, 0.5) is 0 Å². The summed E-state index contributed by atoms with van der Waals surface area (Å²) >= 11 is 3.85. The molecular formula is C19H23BrO2. The molecule has 22 heavy (non-hydrogen) atoms. The van der Waals surface area contributed by atoms with Gasteiger partial charge in [0.25, 0.3) is 0 Å². The standard InChI is InChI=1S/C19H23BrO2/c1-18-7-5-11(21)9-15(18)16(20)10-12-13-3-4-17(22)19(13,2)8-6-14(12)18/h5,7,9,12-14,16H,3-4,6,8,10H2,1-2H3/t12-,13-,14+,16?,18+,19-/m0/s1. The van der Waals surface area contributed by atoms with Crippen molar-refractivity contribution >= 4 is 27.5 Å². The lowest BCUT2D eigenvalue weighted by atomic mass is 9.48. The van der Waals surface area contributed by atoms with Crippen molar-refractivity contribution in [3.63, 3.8) is 0 Å². The number of ketones is 2. The molecule has 2 nitrogen and oxygen atoms in total. The predicted octanol–water partition coefficient (Wildman–Crippen LogP) is 4.24. The molecule has 3 saturated carbocycles. The van der Waals surface area contributed by atoms with Crippen molar-refractivity contribution in [3.05, 3.63) is 23.8 Å². The Morgan fingerprint density at radius 2 is 1.95 bits per heavy atom. The summed E-state index contributed by atoms with van der Waals surface area (Å²) in [6.07, 6.45) is 10.8. The van der Waals surface area contributed by atoms with E-state index in [-0.39, 0.29) is 21.4 Å². The van der Waals surface area contributed by atoms with Crippen molar-refractivity contribution in [3.8, 4) is 0 Å². The highest BCUT2D eigenvalue weighted by Gasteiger charge is 2.59. The highest BCUT2D eigenvalue weighted by Crippen LogP contribution is 2.64. The molecule has 0 heterocycles. The zero-order valence-corrected chi connectivity index (χ0v) is 14.9. The summed E-state index contributed by atoms with van der Waals surface area (Å²) in [5, 5.41) is 0. The van der Waals surface area contributed by atoms with Crippen molar-refractivity contribution < 1.29 is 9.59 Å². The van der Waals surface area contributed by atoms with Gasteiger partial charge in [0, 0.05) is 22.1 Å². The van der Waals surface area contributed by atoms with E-state index < -0.39 is 0 Å².